The van der Waals surface area contributed by atoms with E-state index in [-0.39, 0.29) is 82.2 Å². The summed E-state index contributed by atoms with van der Waals surface area (Å²) >= 11 is 0. The van der Waals surface area contributed by atoms with Crippen LogP contribution >= 0.6 is 0 Å². The fraction of sp³-hybridized carbons (Fsp3) is 0.0385. The molecule has 0 aliphatic heterocycles. The zero-order valence-corrected chi connectivity index (χ0v) is 38.7. The number of benzene rings is 6. The summed E-state index contributed by atoms with van der Waals surface area (Å²) in [5.41, 5.74) is 2.68. The molecule has 0 spiro atoms. The molecule has 0 saturated carbocycles. The predicted octanol–water partition coefficient (Wildman–Crippen LogP) is 13.2. The van der Waals surface area contributed by atoms with Crippen molar-refractivity contribution in [2.75, 3.05) is 0 Å². The Hall–Kier alpha value is -7.20. The number of hydrogen-bond acceptors (Lipinski definition) is 6. The fourth-order valence-corrected chi connectivity index (χ4v) is 8.72. The summed E-state index contributed by atoms with van der Waals surface area (Å²) in [6.07, 6.45) is 0.800. The molecule has 0 N–H and O–H groups in total. The monoisotopic (exact) mass is 1250 g/mol. The van der Waals surface area contributed by atoms with Crippen LogP contribution < -0.4 is 9.47 Å². The summed E-state index contributed by atoms with van der Waals surface area (Å²) in [5, 5.41) is 3.40. The zero-order chi connectivity index (χ0) is 43.8. The van der Waals surface area contributed by atoms with Crippen LogP contribution in [0.3, 0.4) is 0 Å². The first kappa shape index (κ1) is 43.7. The van der Waals surface area contributed by atoms with E-state index in [1.165, 1.54) is 12.1 Å². The number of aromatic nitrogens is 7. The van der Waals surface area contributed by atoms with Crippen molar-refractivity contribution in [3.8, 4) is 40.6 Å². The molecule has 6 aromatic carbocycles. The van der Waals surface area contributed by atoms with Crippen LogP contribution in [0, 0.1) is 24.3 Å². The van der Waals surface area contributed by atoms with Crippen LogP contribution in [0.15, 0.2) is 152 Å². The molecule has 0 unspecified atom stereocenters. The molecule has 330 valence electrons. The van der Waals surface area contributed by atoms with E-state index < -0.39 is 12.9 Å². The Morgan fingerprint density at radius 3 is 1.25 bits per heavy atom. The summed E-state index contributed by atoms with van der Waals surface area (Å²) in [7, 11) is 0. The van der Waals surface area contributed by atoms with E-state index in [1.54, 1.807) is 93.1 Å². The van der Waals surface area contributed by atoms with Crippen LogP contribution in [-0.2, 0) is 42.1 Å². The number of halogens is 4. The quantitative estimate of drug-likeness (QED) is 0.106. The number of para-hydroxylation sites is 2. The van der Waals surface area contributed by atoms with Gasteiger partial charge in [0, 0.05) is 58.8 Å². The van der Waals surface area contributed by atoms with Crippen LogP contribution in [0.2, 0.25) is 0 Å². The van der Waals surface area contributed by atoms with Gasteiger partial charge in [0.25, 0.3) is 0 Å². The van der Waals surface area contributed by atoms with Crippen molar-refractivity contribution in [2.45, 2.75) is 12.9 Å². The van der Waals surface area contributed by atoms with E-state index >= 15 is 0 Å². The minimum atomic E-state index is -2.83. The Kier molecular flexibility index (Phi) is 11.4. The molecule has 0 aliphatic rings. The molecule has 67 heavy (non-hydrogen) atoms. The van der Waals surface area contributed by atoms with Crippen LogP contribution in [0.25, 0.3) is 83.0 Å². The topological polar surface area (TPSA) is 84.8 Å². The largest absolute Gasteiger partial charge is 2.00 e. The van der Waals surface area contributed by atoms with E-state index in [4.69, 9.17) is 9.47 Å². The molecule has 0 atom stereocenters. The molecule has 0 fully saturated rings. The molecule has 15 heteroatoms. The molecule has 0 radical (unpaired) electrons. The molecule has 6 aromatic heterocycles. The van der Waals surface area contributed by atoms with Crippen molar-refractivity contribution >= 4 is 65.4 Å². The summed E-state index contributed by atoms with van der Waals surface area (Å²) < 4.78 is 77.9. The van der Waals surface area contributed by atoms with Crippen molar-refractivity contribution in [1.29, 1.82) is 0 Å². The van der Waals surface area contributed by atoms with E-state index in [9.17, 15) is 17.6 Å². The third kappa shape index (κ3) is 7.34. The van der Waals surface area contributed by atoms with Crippen molar-refractivity contribution in [3.63, 3.8) is 0 Å². The predicted molar refractivity (Wildman–Crippen MR) is 239 cm³/mol. The van der Waals surface area contributed by atoms with Gasteiger partial charge < -0.3 is 23.2 Å². The number of hydrogen-bond donors (Lipinski definition) is 0. The molecular formula is C52H27F4N7O2Pt2. The minimum Gasteiger partial charge on any atom is -0.509 e. The second kappa shape index (κ2) is 17.5. The van der Waals surface area contributed by atoms with Gasteiger partial charge in [-0.25, -0.2) is 37.5 Å². The van der Waals surface area contributed by atoms with Crippen molar-refractivity contribution < 1.29 is 69.2 Å². The van der Waals surface area contributed by atoms with Crippen molar-refractivity contribution in [1.82, 2.24) is 33.6 Å². The Morgan fingerprint density at radius 2 is 0.821 bits per heavy atom. The second-order valence-corrected chi connectivity index (χ2v) is 15.1. The number of rotatable bonds is 9. The molecule has 0 aliphatic carbocycles. The van der Waals surface area contributed by atoms with Crippen LogP contribution in [-0.4, -0.2) is 33.6 Å². The third-order valence-corrected chi connectivity index (χ3v) is 11.3. The summed E-state index contributed by atoms with van der Waals surface area (Å²) in [5.74, 6) is 1.84. The van der Waals surface area contributed by atoms with Gasteiger partial charge >= 0.3 is 42.1 Å². The summed E-state index contributed by atoms with van der Waals surface area (Å²) in [6.45, 7) is 0. The number of fused-ring (bicyclic) bond motifs is 9. The molecular weight excluding hydrogens is 1220 g/mol. The third-order valence-electron chi connectivity index (χ3n) is 11.3. The first-order chi connectivity index (χ1) is 31.9. The molecule has 6 heterocycles. The smallest absolute Gasteiger partial charge is 0.509 e. The van der Waals surface area contributed by atoms with Crippen LogP contribution in [0.1, 0.15) is 24.0 Å². The first-order valence-corrected chi connectivity index (χ1v) is 20.3. The molecule has 12 rings (SSSR count). The molecule has 12 aromatic rings. The zero-order valence-electron chi connectivity index (χ0n) is 34.2. The average Bonchev–Trinajstić information content (AvgIpc) is 3.96. The Bertz CT molecular complexity index is 3580. The van der Waals surface area contributed by atoms with E-state index in [0.717, 1.165) is 10.8 Å². The van der Waals surface area contributed by atoms with Gasteiger partial charge in [-0.05, 0) is 53.2 Å². The average molecular weight is 1250 g/mol. The standard InChI is InChI=1S/C52H27F4N7O2.2Pt/c53-50(54)38-24-32(28-44-48(38)36-10-1-3-12-40(36)61(44)46-14-5-7-20-57-46)64-30-16-18-34-35-19-17-31(27-43(35)63(42(34)26-30)52-59-22-9-23-60-52)65-33-25-39(51(55)56)49-37-11-2-4-13-41(37)62(45(49)29-33)47-15-6-8-21-58-47;;/h1-25,50-51H;;/q-4;2*+2. The fourth-order valence-electron chi connectivity index (χ4n) is 8.72. The van der Waals surface area contributed by atoms with Gasteiger partial charge in [-0.2, -0.15) is 22.9 Å². The van der Waals surface area contributed by atoms with Gasteiger partial charge in [0.1, 0.15) is 11.6 Å². The normalized spacial score (nSPS) is 11.6. The SMILES string of the molecule is FC(F)c1cc(Oc2[c-]c3c(cc2)c2ccc(Oc4[c-]c5c(c(C(F)F)c4)c4ccccc4n5-c4ccccn4)[c-]c2n3-c2ncccn2)[c-]c2c1c1ccccc1n2-c1ccccn1.[Pt+2].[Pt+2]. The van der Waals surface area contributed by atoms with Gasteiger partial charge in [-0.1, -0.05) is 92.5 Å². The van der Waals surface area contributed by atoms with Crippen LogP contribution in [0.4, 0.5) is 17.6 Å². The van der Waals surface area contributed by atoms with Gasteiger partial charge in [0.2, 0.25) is 18.8 Å². The molecule has 0 bridgehead atoms. The van der Waals surface area contributed by atoms with Gasteiger partial charge in [0.15, 0.2) is 0 Å². The van der Waals surface area contributed by atoms with Crippen molar-refractivity contribution in [2.24, 2.45) is 0 Å². The Labute approximate surface area is 406 Å². The number of nitrogens with zero attached hydrogens (tertiary/aromatic N) is 7. The molecule has 0 amide bonds. The van der Waals surface area contributed by atoms with Gasteiger partial charge in [-0.3, -0.25) is 0 Å². The maximum Gasteiger partial charge on any atom is 2.00 e. The number of pyridine rings is 2. The molecule has 9 nitrogen and oxygen atoms in total. The first-order valence-electron chi connectivity index (χ1n) is 20.3. The summed E-state index contributed by atoms with van der Waals surface area (Å²) in [6, 6.07) is 49.9. The Morgan fingerprint density at radius 1 is 0.403 bits per heavy atom. The van der Waals surface area contributed by atoms with E-state index in [2.05, 4.69) is 44.2 Å². The maximum absolute atomic E-state index is 15.0. The number of alkyl halides is 4. The minimum absolute atomic E-state index is 0. The second-order valence-electron chi connectivity index (χ2n) is 15.1. The van der Waals surface area contributed by atoms with E-state index in [0.29, 0.717) is 66.3 Å². The Balaban J connectivity index is 0.00000263. The van der Waals surface area contributed by atoms with E-state index in [1.807, 2.05) is 60.7 Å². The van der Waals surface area contributed by atoms with Gasteiger partial charge in [0.05, 0.1) is 0 Å². The number of ether oxygens (including phenoxy) is 2. The van der Waals surface area contributed by atoms with Crippen LogP contribution in [0.5, 0.6) is 23.0 Å². The summed E-state index contributed by atoms with van der Waals surface area (Å²) in [4.78, 5) is 18.1. The van der Waals surface area contributed by atoms with Gasteiger partial charge in [-0.15, -0.1) is 48.5 Å². The molecule has 0 saturated heterocycles. The van der Waals surface area contributed by atoms with Crippen molar-refractivity contribution in [3.05, 3.63) is 188 Å². The maximum atomic E-state index is 15.0.